The summed E-state index contributed by atoms with van der Waals surface area (Å²) in [5.41, 5.74) is 1.08. The molecule has 0 aliphatic carbocycles. The molecular weight excluding hydrogens is 294 g/mol. The fourth-order valence-corrected chi connectivity index (χ4v) is 3.00. The van der Waals surface area contributed by atoms with Crippen LogP contribution in [0, 0.1) is 18.6 Å². The molecule has 3 nitrogen and oxygen atoms in total. The number of carbonyl (C=O) groups excluding carboxylic acids is 1. The quantitative estimate of drug-likeness (QED) is 0.870. The van der Waals surface area contributed by atoms with Crippen LogP contribution < -0.4 is 10.2 Å². The van der Waals surface area contributed by atoms with Crippen LogP contribution in [0.3, 0.4) is 0 Å². The summed E-state index contributed by atoms with van der Waals surface area (Å²) in [6.45, 7) is 2.94. The Bertz CT molecular complexity index is 642. The molecule has 0 saturated heterocycles. The van der Waals surface area contributed by atoms with Crippen molar-refractivity contribution >= 4 is 22.9 Å². The lowest BCUT2D eigenvalue weighted by molar-refractivity contribution is -0.884. The van der Waals surface area contributed by atoms with Crippen molar-refractivity contribution in [3.8, 4) is 0 Å². The third-order valence-corrected chi connectivity index (χ3v) is 4.12. The number of rotatable bonds is 5. The third kappa shape index (κ3) is 4.34. The maximum atomic E-state index is 13.4. The van der Waals surface area contributed by atoms with Gasteiger partial charge < -0.3 is 10.2 Å². The molecular formula is C15H17F2N2OS+. The zero-order valence-electron chi connectivity index (χ0n) is 11.9. The number of hydrogen-bond acceptors (Lipinski definition) is 2. The summed E-state index contributed by atoms with van der Waals surface area (Å²) in [6, 6.07) is 5.03. The molecule has 2 aromatic rings. The lowest BCUT2D eigenvalue weighted by atomic mass is 10.2. The highest BCUT2D eigenvalue weighted by molar-refractivity contribution is 7.10. The van der Waals surface area contributed by atoms with Crippen LogP contribution in [0.2, 0.25) is 0 Å². The van der Waals surface area contributed by atoms with Crippen molar-refractivity contribution in [2.24, 2.45) is 0 Å². The Hall–Kier alpha value is -1.79. The van der Waals surface area contributed by atoms with Gasteiger partial charge in [0.2, 0.25) is 0 Å². The number of aryl methyl sites for hydroxylation is 1. The maximum absolute atomic E-state index is 13.4. The van der Waals surface area contributed by atoms with E-state index >= 15 is 0 Å². The van der Waals surface area contributed by atoms with Gasteiger partial charge in [-0.1, -0.05) is 0 Å². The van der Waals surface area contributed by atoms with Crippen molar-refractivity contribution in [2.75, 3.05) is 18.9 Å². The number of likely N-dealkylation sites (N-methyl/N-ethyl adjacent to an activating group) is 1. The SMILES string of the molecule is Cc1ccsc1C[NH+](C)CC(=O)Nc1cc(F)ccc1F. The number of carbonyl (C=O) groups is 1. The van der Waals surface area contributed by atoms with Crippen molar-refractivity contribution in [3.63, 3.8) is 0 Å². The van der Waals surface area contributed by atoms with Gasteiger partial charge in [0.05, 0.1) is 17.6 Å². The molecule has 1 amide bonds. The highest BCUT2D eigenvalue weighted by atomic mass is 32.1. The topological polar surface area (TPSA) is 33.5 Å². The molecule has 112 valence electrons. The van der Waals surface area contributed by atoms with Crippen LogP contribution in [-0.4, -0.2) is 19.5 Å². The summed E-state index contributed by atoms with van der Waals surface area (Å²) in [4.78, 5) is 14.1. The van der Waals surface area contributed by atoms with Gasteiger partial charge in [0.15, 0.2) is 6.54 Å². The fourth-order valence-electron chi connectivity index (χ4n) is 1.98. The minimum atomic E-state index is -0.642. The molecule has 0 aliphatic rings. The number of thiophene rings is 1. The van der Waals surface area contributed by atoms with E-state index in [9.17, 15) is 13.6 Å². The average molecular weight is 311 g/mol. The summed E-state index contributed by atoms with van der Waals surface area (Å²) in [7, 11) is 1.89. The molecule has 1 aromatic carbocycles. The Kier molecular flexibility index (Phi) is 5.03. The smallest absolute Gasteiger partial charge is 0.279 e. The first-order valence-electron chi connectivity index (χ1n) is 6.55. The van der Waals surface area contributed by atoms with Crippen LogP contribution in [0.4, 0.5) is 14.5 Å². The molecule has 1 aromatic heterocycles. The fraction of sp³-hybridized carbons (Fsp3) is 0.267. The second-order valence-corrected chi connectivity index (χ2v) is 6.01. The second kappa shape index (κ2) is 6.78. The molecule has 1 atom stereocenters. The summed E-state index contributed by atoms with van der Waals surface area (Å²) in [5.74, 6) is -1.57. The highest BCUT2D eigenvalue weighted by Gasteiger charge is 2.14. The Morgan fingerprint density at radius 2 is 2.10 bits per heavy atom. The predicted octanol–water partition coefficient (Wildman–Crippen LogP) is 1.99. The lowest BCUT2D eigenvalue weighted by Gasteiger charge is -2.13. The highest BCUT2D eigenvalue weighted by Crippen LogP contribution is 2.15. The van der Waals surface area contributed by atoms with E-state index < -0.39 is 11.6 Å². The monoisotopic (exact) mass is 311 g/mol. The van der Waals surface area contributed by atoms with E-state index in [4.69, 9.17) is 0 Å². The first-order chi connectivity index (χ1) is 9.95. The van der Waals surface area contributed by atoms with E-state index in [2.05, 4.69) is 5.32 Å². The Labute approximate surface area is 126 Å². The average Bonchev–Trinajstić information content (AvgIpc) is 2.79. The standard InChI is InChI=1S/C15H16F2N2OS/c1-10-5-6-21-14(10)8-19(2)9-15(20)18-13-7-11(16)3-4-12(13)17/h3-7H,8-9H2,1-2H3,(H,18,20)/p+1. The largest absolute Gasteiger partial charge is 0.325 e. The zero-order valence-corrected chi connectivity index (χ0v) is 12.7. The van der Waals surface area contributed by atoms with Crippen molar-refractivity contribution in [1.82, 2.24) is 0 Å². The Morgan fingerprint density at radius 3 is 2.76 bits per heavy atom. The van der Waals surface area contributed by atoms with Gasteiger partial charge in [-0.25, -0.2) is 8.78 Å². The van der Waals surface area contributed by atoms with Gasteiger partial charge in [-0.3, -0.25) is 4.79 Å². The van der Waals surface area contributed by atoms with Gasteiger partial charge in [-0.2, -0.15) is 0 Å². The molecule has 1 unspecified atom stereocenters. The zero-order chi connectivity index (χ0) is 15.4. The summed E-state index contributed by atoms with van der Waals surface area (Å²) >= 11 is 1.65. The van der Waals surface area contributed by atoms with E-state index in [1.165, 1.54) is 10.4 Å². The minimum absolute atomic E-state index is 0.125. The van der Waals surface area contributed by atoms with Gasteiger partial charge in [0.1, 0.15) is 18.2 Å². The first-order valence-corrected chi connectivity index (χ1v) is 7.43. The van der Waals surface area contributed by atoms with Crippen molar-refractivity contribution < 1.29 is 18.5 Å². The minimum Gasteiger partial charge on any atom is -0.325 e. The van der Waals surface area contributed by atoms with Crippen molar-refractivity contribution in [2.45, 2.75) is 13.5 Å². The second-order valence-electron chi connectivity index (χ2n) is 5.01. The van der Waals surface area contributed by atoms with Gasteiger partial charge in [-0.05, 0) is 36.1 Å². The van der Waals surface area contributed by atoms with Crippen LogP contribution in [0.1, 0.15) is 10.4 Å². The number of hydrogen-bond donors (Lipinski definition) is 2. The van der Waals surface area contributed by atoms with Crippen molar-refractivity contribution in [1.29, 1.82) is 0 Å². The summed E-state index contributed by atoms with van der Waals surface area (Å²) < 4.78 is 26.5. The van der Waals surface area contributed by atoms with Crippen molar-refractivity contribution in [3.05, 3.63) is 51.7 Å². The maximum Gasteiger partial charge on any atom is 0.279 e. The van der Waals surface area contributed by atoms with Crippen LogP contribution in [0.5, 0.6) is 0 Å². The van der Waals surface area contributed by atoms with Crippen LogP contribution in [0.25, 0.3) is 0 Å². The van der Waals surface area contributed by atoms with Crippen LogP contribution in [0.15, 0.2) is 29.6 Å². The number of anilines is 1. The Balaban J connectivity index is 1.92. The number of benzene rings is 1. The van der Waals surface area contributed by atoms with E-state index in [1.807, 2.05) is 25.4 Å². The predicted molar refractivity (Wildman–Crippen MR) is 79.5 cm³/mol. The van der Waals surface area contributed by atoms with E-state index in [1.54, 1.807) is 11.3 Å². The van der Waals surface area contributed by atoms with E-state index in [-0.39, 0.29) is 18.1 Å². The van der Waals surface area contributed by atoms with Gasteiger partial charge >= 0.3 is 0 Å². The lowest BCUT2D eigenvalue weighted by Crippen LogP contribution is -3.08. The van der Waals surface area contributed by atoms with E-state index in [0.717, 1.165) is 29.6 Å². The number of quaternary nitrogens is 1. The van der Waals surface area contributed by atoms with E-state index in [0.29, 0.717) is 0 Å². The molecule has 21 heavy (non-hydrogen) atoms. The summed E-state index contributed by atoms with van der Waals surface area (Å²) in [6.07, 6.45) is 0. The van der Waals surface area contributed by atoms with Crippen LogP contribution >= 0.6 is 11.3 Å². The molecule has 2 rings (SSSR count). The molecule has 0 aliphatic heterocycles. The van der Waals surface area contributed by atoms with Gasteiger partial charge in [0.25, 0.3) is 5.91 Å². The molecule has 0 saturated carbocycles. The number of nitrogens with one attached hydrogen (secondary N) is 2. The molecule has 1 heterocycles. The third-order valence-electron chi connectivity index (χ3n) is 3.10. The molecule has 0 bridgehead atoms. The number of amides is 1. The normalized spacial score (nSPS) is 12.2. The summed E-state index contributed by atoms with van der Waals surface area (Å²) in [5, 5.41) is 4.42. The number of halogens is 2. The molecule has 0 spiro atoms. The first kappa shape index (κ1) is 15.6. The van der Waals surface area contributed by atoms with Gasteiger partial charge in [-0.15, -0.1) is 11.3 Å². The van der Waals surface area contributed by atoms with Crippen LogP contribution in [-0.2, 0) is 11.3 Å². The molecule has 6 heteroatoms. The Morgan fingerprint density at radius 1 is 1.33 bits per heavy atom. The molecule has 0 fully saturated rings. The molecule has 2 N–H and O–H groups in total. The van der Waals surface area contributed by atoms with Gasteiger partial charge in [0, 0.05) is 6.07 Å². The molecule has 0 radical (unpaired) electrons.